The summed E-state index contributed by atoms with van der Waals surface area (Å²) in [6.45, 7) is 7.50. The van der Waals surface area contributed by atoms with E-state index < -0.39 is 0 Å². The Morgan fingerprint density at radius 3 is 2.79 bits per heavy atom. The molecule has 0 saturated heterocycles. The van der Waals surface area contributed by atoms with Gasteiger partial charge in [0.15, 0.2) is 0 Å². The predicted molar refractivity (Wildman–Crippen MR) is 77.2 cm³/mol. The quantitative estimate of drug-likeness (QED) is 0.632. The third-order valence-electron chi connectivity index (χ3n) is 3.83. The second kappa shape index (κ2) is 5.11. The zero-order chi connectivity index (χ0) is 14.0. The standard InChI is InChI=1S/C15H22N2O2/c1-4-19-14(18)11-6-5-7-12(16)13(11)17-9-10-8-15(10,2)3/h5-7,10,17H,4,8-9,16H2,1-3H3. The van der Waals surface area contributed by atoms with Crippen LogP contribution in [-0.4, -0.2) is 19.1 Å². The second-order valence-electron chi connectivity index (χ2n) is 5.76. The fourth-order valence-corrected chi connectivity index (χ4v) is 2.30. The molecular formula is C15H22N2O2. The number of nitrogens with one attached hydrogen (secondary N) is 1. The van der Waals surface area contributed by atoms with E-state index in [4.69, 9.17) is 10.5 Å². The lowest BCUT2D eigenvalue weighted by Gasteiger charge is -2.14. The number of nitrogen functional groups attached to an aromatic ring is 1. The first-order chi connectivity index (χ1) is 8.95. The van der Waals surface area contributed by atoms with Crippen LogP contribution in [0.1, 0.15) is 37.6 Å². The molecule has 4 heteroatoms. The number of hydrogen-bond donors (Lipinski definition) is 2. The summed E-state index contributed by atoms with van der Waals surface area (Å²) in [5, 5.41) is 3.31. The lowest BCUT2D eigenvalue weighted by molar-refractivity contribution is 0.0527. The molecule has 1 atom stereocenters. The average molecular weight is 262 g/mol. The van der Waals surface area contributed by atoms with Crippen LogP contribution in [-0.2, 0) is 4.74 Å². The lowest BCUT2D eigenvalue weighted by Crippen LogP contribution is -2.14. The molecule has 1 aromatic rings. The summed E-state index contributed by atoms with van der Waals surface area (Å²) in [5.41, 5.74) is 8.16. The van der Waals surface area contributed by atoms with Crippen LogP contribution >= 0.6 is 0 Å². The summed E-state index contributed by atoms with van der Waals surface area (Å²) in [5.74, 6) is 0.314. The number of anilines is 2. The average Bonchev–Trinajstić information content (AvgIpc) is 2.95. The normalized spacial score (nSPS) is 19.8. The molecule has 0 aromatic heterocycles. The molecule has 2 rings (SSSR count). The molecule has 0 aliphatic heterocycles. The number of nitrogens with two attached hydrogens (primary N) is 1. The fourth-order valence-electron chi connectivity index (χ4n) is 2.30. The van der Waals surface area contributed by atoms with E-state index >= 15 is 0 Å². The minimum atomic E-state index is -0.327. The van der Waals surface area contributed by atoms with Gasteiger partial charge in [-0.25, -0.2) is 4.79 Å². The Hall–Kier alpha value is -1.71. The first-order valence-electron chi connectivity index (χ1n) is 6.75. The van der Waals surface area contributed by atoms with Gasteiger partial charge >= 0.3 is 5.97 Å². The van der Waals surface area contributed by atoms with Gasteiger partial charge in [0.05, 0.1) is 23.5 Å². The van der Waals surface area contributed by atoms with E-state index in [2.05, 4.69) is 19.2 Å². The number of benzene rings is 1. The molecule has 1 fully saturated rings. The Morgan fingerprint density at radius 1 is 1.53 bits per heavy atom. The molecular weight excluding hydrogens is 240 g/mol. The first-order valence-corrected chi connectivity index (χ1v) is 6.75. The molecule has 3 N–H and O–H groups in total. The Labute approximate surface area is 114 Å². The van der Waals surface area contributed by atoms with Crippen molar-refractivity contribution < 1.29 is 9.53 Å². The summed E-state index contributed by atoms with van der Waals surface area (Å²) in [7, 11) is 0. The molecule has 1 aliphatic carbocycles. The summed E-state index contributed by atoms with van der Waals surface area (Å²) in [6.07, 6.45) is 1.21. The maximum atomic E-state index is 11.9. The molecule has 1 aliphatic rings. The minimum absolute atomic E-state index is 0.327. The number of rotatable bonds is 5. The van der Waals surface area contributed by atoms with E-state index in [0.29, 0.717) is 34.9 Å². The highest BCUT2D eigenvalue weighted by Crippen LogP contribution is 2.51. The predicted octanol–water partition coefficient (Wildman–Crippen LogP) is 2.90. The van der Waals surface area contributed by atoms with E-state index in [1.54, 1.807) is 25.1 Å². The van der Waals surface area contributed by atoms with Gasteiger partial charge in [-0.2, -0.15) is 0 Å². The van der Waals surface area contributed by atoms with Crippen LogP contribution in [0.2, 0.25) is 0 Å². The van der Waals surface area contributed by atoms with Crippen molar-refractivity contribution in [3.8, 4) is 0 Å². The van der Waals surface area contributed by atoms with E-state index in [1.165, 1.54) is 6.42 Å². The SMILES string of the molecule is CCOC(=O)c1cccc(N)c1NCC1CC1(C)C. The topological polar surface area (TPSA) is 64.3 Å². The maximum Gasteiger partial charge on any atom is 0.340 e. The van der Waals surface area contributed by atoms with Crippen molar-refractivity contribution >= 4 is 17.3 Å². The third-order valence-corrected chi connectivity index (χ3v) is 3.83. The number of hydrogen-bond acceptors (Lipinski definition) is 4. The number of carbonyl (C=O) groups is 1. The fraction of sp³-hybridized carbons (Fsp3) is 0.533. The summed E-state index contributed by atoms with van der Waals surface area (Å²) < 4.78 is 5.05. The monoisotopic (exact) mass is 262 g/mol. The minimum Gasteiger partial charge on any atom is -0.462 e. The van der Waals surface area contributed by atoms with E-state index in [0.717, 1.165) is 6.54 Å². The smallest absolute Gasteiger partial charge is 0.340 e. The molecule has 19 heavy (non-hydrogen) atoms. The molecule has 0 bridgehead atoms. The van der Waals surface area contributed by atoms with E-state index in [1.807, 2.05) is 0 Å². The number of esters is 1. The van der Waals surface area contributed by atoms with Gasteiger partial charge in [0.2, 0.25) is 0 Å². The van der Waals surface area contributed by atoms with Gasteiger partial charge in [-0.1, -0.05) is 19.9 Å². The number of carbonyl (C=O) groups excluding carboxylic acids is 1. The van der Waals surface area contributed by atoms with Gasteiger partial charge in [-0.3, -0.25) is 0 Å². The largest absolute Gasteiger partial charge is 0.462 e. The van der Waals surface area contributed by atoms with Gasteiger partial charge in [-0.15, -0.1) is 0 Å². The summed E-state index contributed by atoms with van der Waals surface area (Å²) in [4.78, 5) is 11.9. The molecule has 0 heterocycles. The molecule has 1 saturated carbocycles. The Balaban J connectivity index is 2.11. The van der Waals surface area contributed by atoms with Crippen molar-refractivity contribution in [3.05, 3.63) is 23.8 Å². The maximum absolute atomic E-state index is 11.9. The second-order valence-corrected chi connectivity index (χ2v) is 5.76. The van der Waals surface area contributed by atoms with Gasteiger partial charge in [0.1, 0.15) is 0 Å². The van der Waals surface area contributed by atoms with Crippen molar-refractivity contribution in [1.82, 2.24) is 0 Å². The van der Waals surface area contributed by atoms with Gasteiger partial charge in [0.25, 0.3) is 0 Å². The Bertz CT molecular complexity index is 483. The van der Waals surface area contributed by atoms with Crippen LogP contribution in [0.15, 0.2) is 18.2 Å². The van der Waals surface area contributed by atoms with Crippen molar-refractivity contribution in [2.24, 2.45) is 11.3 Å². The van der Waals surface area contributed by atoms with Gasteiger partial charge < -0.3 is 15.8 Å². The molecule has 104 valence electrons. The Morgan fingerprint density at radius 2 is 2.21 bits per heavy atom. The zero-order valence-corrected chi connectivity index (χ0v) is 11.8. The highest BCUT2D eigenvalue weighted by molar-refractivity contribution is 5.98. The van der Waals surface area contributed by atoms with Crippen LogP contribution < -0.4 is 11.1 Å². The molecule has 0 spiro atoms. The highest BCUT2D eigenvalue weighted by atomic mass is 16.5. The van der Waals surface area contributed by atoms with Crippen LogP contribution in [0.4, 0.5) is 11.4 Å². The van der Waals surface area contributed by atoms with Crippen LogP contribution in [0.5, 0.6) is 0 Å². The molecule has 1 unspecified atom stereocenters. The van der Waals surface area contributed by atoms with Crippen molar-refractivity contribution in [3.63, 3.8) is 0 Å². The third kappa shape index (κ3) is 3.00. The van der Waals surface area contributed by atoms with Crippen molar-refractivity contribution in [2.45, 2.75) is 27.2 Å². The van der Waals surface area contributed by atoms with Crippen molar-refractivity contribution in [2.75, 3.05) is 24.2 Å². The molecule has 4 nitrogen and oxygen atoms in total. The lowest BCUT2D eigenvalue weighted by atomic mass is 10.1. The van der Waals surface area contributed by atoms with E-state index in [9.17, 15) is 4.79 Å². The van der Waals surface area contributed by atoms with Gasteiger partial charge in [0, 0.05) is 6.54 Å². The number of para-hydroxylation sites is 1. The molecule has 0 amide bonds. The molecule has 0 radical (unpaired) electrons. The first kappa shape index (κ1) is 13.7. The van der Waals surface area contributed by atoms with Crippen LogP contribution in [0.3, 0.4) is 0 Å². The molecule has 1 aromatic carbocycles. The summed E-state index contributed by atoms with van der Waals surface area (Å²) >= 11 is 0. The zero-order valence-electron chi connectivity index (χ0n) is 11.8. The van der Waals surface area contributed by atoms with Gasteiger partial charge in [-0.05, 0) is 36.8 Å². The van der Waals surface area contributed by atoms with E-state index in [-0.39, 0.29) is 5.97 Å². The Kier molecular flexibility index (Phi) is 3.69. The highest BCUT2D eigenvalue weighted by Gasteiger charge is 2.45. The number of ether oxygens (including phenoxy) is 1. The van der Waals surface area contributed by atoms with Crippen molar-refractivity contribution in [1.29, 1.82) is 0 Å². The summed E-state index contributed by atoms with van der Waals surface area (Å²) in [6, 6.07) is 5.31. The van der Waals surface area contributed by atoms with Crippen LogP contribution in [0, 0.1) is 11.3 Å². The van der Waals surface area contributed by atoms with Crippen LogP contribution in [0.25, 0.3) is 0 Å².